The summed E-state index contributed by atoms with van der Waals surface area (Å²) in [6.07, 6.45) is 1.81. The smallest absolute Gasteiger partial charge is 0.335 e. The number of hydrogen-bond acceptors (Lipinski definition) is 4. The van der Waals surface area contributed by atoms with Crippen LogP contribution in [-0.4, -0.2) is 33.6 Å². The zero-order valence-electron chi connectivity index (χ0n) is 13.8. The number of likely N-dealkylation sites (N-methyl/N-ethyl adjacent to an activating group) is 1. The number of amidine groups is 1. The van der Waals surface area contributed by atoms with Gasteiger partial charge >= 0.3 is 5.97 Å². The van der Waals surface area contributed by atoms with Crippen molar-refractivity contribution >= 4 is 52.2 Å². The molecule has 0 saturated carbocycles. The summed E-state index contributed by atoms with van der Waals surface area (Å²) in [6, 6.07) is 13.5. The van der Waals surface area contributed by atoms with Crippen LogP contribution in [0.25, 0.3) is 6.08 Å². The topological polar surface area (TPSA) is 70.0 Å². The minimum Gasteiger partial charge on any atom is -0.478 e. The van der Waals surface area contributed by atoms with Gasteiger partial charge in [-0.3, -0.25) is 9.69 Å². The lowest BCUT2D eigenvalue weighted by molar-refractivity contribution is -0.122. The first kappa shape index (κ1) is 18.2. The average molecular weight is 387 g/mol. The van der Waals surface area contributed by atoms with Crippen LogP contribution in [0.2, 0.25) is 5.02 Å². The molecule has 1 saturated heterocycles. The quantitative estimate of drug-likeness (QED) is 0.775. The molecule has 0 atom stereocenters. The zero-order chi connectivity index (χ0) is 18.7. The van der Waals surface area contributed by atoms with E-state index in [1.165, 1.54) is 23.9 Å². The second kappa shape index (κ2) is 7.76. The Labute approximate surface area is 160 Å². The normalized spacial score (nSPS) is 17.3. The lowest BCUT2D eigenvalue weighted by Gasteiger charge is -2.12. The number of amides is 1. The van der Waals surface area contributed by atoms with Crippen molar-refractivity contribution in [2.45, 2.75) is 6.92 Å². The molecule has 1 heterocycles. The Balaban J connectivity index is 1.89. The summed E-state index contributed by atoms with van der Waals surface area (Å²) in [4.78, 5) is 30.2. The number of benzene rings is 2. The largest absolute Gasteiger partial charge is 0.478 e. The van der Waals surface area contributed by atoms with Crippen molar-refractivity contribution in [2.24, 2.45) is 4.99 Å². The maximum atomic E-state index is 12.6. The Morgan fingerprint density at radius 3 is 2.42 bits per heavy atom. The predicted octanol–water partition coefficient (Wildman–Crippen LogP) is 4.66. The molecule has 1 fully saturated rings. The van der Waals surface area contributed by atoms with E-state index in [1.807, 2.05) is 25.1 Å². The highest BCUT2D eigenvalue weighted by Crippen LogP contribution is 2.34. The van der Waals surface area contributed by atoms with Crippen LogP contribution >= 0.6 is 23.4 Å². The van der Waals surface area contributed by atoms with Crippen molar-refractivity contribution in [3.63, 3.8) is 0 Å². The number of rotatable bonds is 4. The van der Waals surface area contributed by atoms with Crippen molar-refractivity contribution in [3.05, 3.63) is 69.6 Å². The number of nitrogens with zero attached hydrogens (tertiary/aromatic N) is 2. The Morgan fingerprint density at radius 2 is 1.85 bits per heavy atom. The number of aromatic carboxylic acids is 1. The van der Waals surface area contributed by atoms with Gasteiger partial charge in [0.25, 0.3) is 5.91 Å². The van der Waals surface area contributed by atoms with E-state index in [4.69, 9.17) is 16.7 Å². The van der Waals surface area contributed by atoms with Gasteiger partial charge in [0, 0.05) is 11.6 Å². The molecule has 26 heavy (non-hydrogen) atoms. The van der Waals surface area contributed by atoms with Crippen molar-refractivity contribution < 1.29 is 14.7 Å². The fourth-order valence-corrected chi connectivity index (χ4v) is 3.56. The van der Waals surface area contributed by atoms with Crippen molar-refractivity contribution in [2.75, 3.05) is 6.54 Å². The lowest BCUT2D eigenvalue weighted by atomic mass is 10.2. The van der Waals surface area contributed by atoms with Gasteiger partial charge in [-0.05, 0) is 66.7 Å². The molecule has 0 bridgehead atoms. The van der Waals surface area contributed by atoms with Gasteiger partial charge in [-0.2, -0.15) is 0 Å². The van der Waals surface area contributed by atoms with E-state index in [9.17, 15) is 9.59 Å². The number of carboxylic acids is 1. The van der Waals surface area contributed by atoms with Crippen LogP contribution in [0.3, 0.4) is 0 Å². The second-order valence-corrected chi connectivity index (χ2v) is 6.90. The van der Waals surface area contributed by atoms with Crippen LogP contribution in [0.1, 0.15) is 22.8 Å². The average Bonchev–Trinajstić information content (AvgIpc) is 2.92. The molecule has 5 nitrogen and oxygen atoms in total. The molecule has 0 spiro atoms. The predicted molar refractivity (Wildman–Crippen MR) is 105 cm³/mol. The summed E-state index contributed by atoms with van der Waals surface area (Å²) in [5.41, 5.74) is 1.67. The van der Waals surface area contributed by atoms with Gasteiger partial charge in [-0.1, -0.05) is 23.7 Å². The third-order valence-electron chi connectivity index (χ3n) is 3.71. The first-order valence-electron chi connectivity index (χ1n) is 7.87. The summed E-state index contributed by atoms with van der Waals surface area (Å²) in [5, 5.41) is 10.2. The van der Waals surface area contributed by atoms with Crippen LogP contribution in [-0.2, 0) is 4.79 Å². The molecule has 1 N–H and O–H groups in total. The lowest BCUT2D eigenvalue weighted by Crippen LogP contribution is -2.28. The third-order valence-corrected chi connectivity index (χ3v) is 4.97. The first-order valence-corrected chi connectivity index (χ1v) is 9.06. The zero-order valence-corrected chi connectivity index (χ0v) is 15.4. The van der Waals surface area contributed by atoms with E-state index in [0.717, 1.165) is 5.56 Å². The van der Waals surface area contributed by atoms with Gasteiger partial charge in [-0.15, -0.1) is 0 Å². The van der Waals surface area contributed by atoms with Gasteiger partial charge < -0.3 is 5.11 Å². The van der Waals surface area contributed by atoms with Gasteiger partial charge in [0.1, 0.15) is 0 Å². The second-order valence-electron chi connectivity index (χ2n) is 5.46. The highest BCUT2D eigenvalue weighted by molar-refractivity contribution is 8.18. The molecule has 3 rings (SSSR count). The van der Waals surface area contributed by atoms with E-state index >= 15 is 0 Å². The van der Waals surface area contributed by atoms with Gasteiger partial charge in [0.2, 0.25) is 0 Å². The molecule has 1 amide bonds. The molecule has 0 aliphatic carbocycles. The van der Waals surface area contributed by atoms with Crippen molar-refractivity contribution in [1.82, 2.24) is 4.90 Å². The highest BCUT2D eigenvalue weighted by atomic mass is 35.5. The molecule has 2 aromatic rings. The van der Waals surface area contributed by atoms with Crippen molar-refractivity contribution in [1.29, 1.82) is 0 Å². The molecule has 132 valence electrons. The standard InChI is InChI=1S/C19H15ClN2O3S/c1-2-22-17(23)16(11-12-3-7-14(20)8-4-12)26-19(22)21-15-9-5-13(6-10-15)18(24)25/h3-11H,2H2,1H3,(H,24,25)/b16-11-,21-19?. The minimum absolute atomic E-state index is 0.103. The summed E-state index contributed by atoms with van der Waals surface area (Å²) in [6.45, 7) is 2.38. The molecule has 1 aliphatic rings. The fraction of sp³-hybridized carbons (Fsp3) is 0.105. The fourth-order valence-electron chi connectivity index (χ4n) is 2.37. The monoisotopic (exact) mass is 386 g/mol. The molecule has 2 aromatic carbocycles. The molecule has 1 aliphatic heterocycles. The van der Waals surface area contributed by atoms with Crippen LogP contribution in [0.4, 0.5) is 5.69 Å². The Hall–Kier alpha value is -2.57. The van der Waals surface area contributed by atoms with E-state index in [2.05, 4.69) is 4.99 Å². The Bertz CT molecular complexity index is 905. The molecule has 7 heteroatoms. The summed E-state index contributed by atoms with van der Waals surface area (Å²) >= 11 is 7.18. The number of halogens is 1. The SMILES string of the molecule is CCN1C(=O)/C(=C/c2ccc(Cl)cc2)SC1=Nc1ccc(C(=O)O)cc1. The number of hydrogen-bond donors (Lipinski definition) is 1. The van der Waals surface area contributed by atoms with Gasteiger partial charge in [0.05, 0.1) is 16.2 Å². The molecule has 0 radical (unpaired) electrons. The summed E-state index contributed by atoms with van der Waals surface area (Å²) in [7, 11) is 0. The Morgan fingerprint density at radius 1 is 1.19 bits per heavy atom. The molecular weight excluding hydrogens is 372 g/mol. The van der Waals surface area contributed by atoms with E-state index in [0.29, 0.717) is 27.3 Å². The van der Waals surface area contributed by atoms with Crippen molar-refractivity contribution in [3.8, 4) is 0 Å². The number of carbonyl (C=O) groups excluding carboxylic acids is 1. The number of aliphatic imine (C=N–C) groups is 1. The van der Waals surface area contributed by atoms with Gasteiger partial charge in [0.15, 0.2) is 5.17 Å². The van der Waals surface area contributed by atoms with Crippen LogP contribution in [0.5, 0.6) is 0 Å². The highest BCUT2D eigenvalue weighted by Gasteiger charge is 2.32. The van der Waals surface area contributed by atoms with Gasteiger partial charge in [-0.25, -0.2) is 9.79 Å². The Kier molecular flexibility index (Phi) is 5.44. The maximum Gasteiger partial charge on any atom is 0.335 e. The molecule has 0 unspecified atom stereocenters. The first-order chi connectivity index (χ1) is 12.5. The van der Waals surface area contributed by atoms with E-state index in [-0.39, 0.29) is 11.5 Å². The van der Waals surface area contributed by atoms with Crippen LogP contribution in [0, 0.1) is 0 Å². The minimum atomic E-state index is -0.988. The van der Waals surface area contributed by atoms with E-state index in [1.54, 1.807) is 29.2 Å². The third kappa shape index (κ3) is 3.98. The summed E-state index contributed by atoms with van der Waals surface area (Å²) < 4.78 is 0. The molecular formula is C19H15ClN2O3S. The number of thioether (sulfide) groups is 1. The van der Waals surface area contributed by atoms with Crippen LogP contribution < -0.4 is 0 Å². The van der Waals surface area contributed by atoms with E-state index < -0.39 is 5.97 Å². The maximum absolute atomic E-state index is 12.6. The van der Waals surface area contributed by atoms with Crippen LogP contribution in [0.15, 0.2) is 58.4 Å². The number of carboxylic acid groups (broad SMARTS) is 1. The number of carbonyl (C=O) groups is 2. The summed E-state index contributed by atoms with van der Waals surface area (Å²) in [5.74, 6) is -1.09. The molecule has 0 aromatic heterocycles.